The van der Waals surface area contributed by atoms with Gasteiger partial charge < -0.3 is 10.5 Å². The van der Waals surface area contributed by atoms with Gasteiger partial charge in [0.05, 0.1) is 0 Å². The topological polar surface area (TPSA) is 52.3 Å². The third-order valence-corrected chi connectivity index (χ3v) is 3.85. The van der Waals surface area contributed by atoms with Crippen LogP contribution in [0.15, 0.2) is 6.07 Å². The number of hydrogen-bond donors (Lipinski definition) is 1. The molecule has 0 aliphatic carbocycles. The van der Waals surface area contributed by atoms with Gasteiger partial charge >= 0.3 is 6.09 Å². The van der Waals surface area contributed by atoms with E-state index in [4.69, 9.17) is 10.5 Å². The highest BCUT2D eigenvalue weighted by atomic mass is 32.1. The zero-order valence-electron chi connectivity index (χ0n) is 11.7. The number of aryl methyl sites for hydroxylation is 1. The highest BCUT2D eigenvalue weighted by molar-refractivity contribution is 7.14. The van der Waals surface area contributed by atoms with Crippen molar-refractivity contribution in [2.75, 3.05) is 0 Å². The maximum Gasteiger partial charge on any atom is 0.410 e. The Balaban J connectivity index is 2.89. The molecule has 0 aliphatic heterocycles. The molecule has 3 nitrogen and oxygen atoms in total. The monoisotopic (exact) mass is 269 g/mol. The van der Waals surface area contributed by atoms with E-state index in [1.165, 1.54) is 24.1 Å². The number of carbonyl (C=O) groups excluding carboxylic acids is 1. The third-order valence-electron chi connectivity index (χ3n) is 2.78. The zero-order chi connectivity index (χ0) is 13.8. The van der Waals surface area contributed by atoms with Crippen LogP contribution in [0.5, 0.6) is 5.06 Å². The summed E-state index contributed by atoms with van der Waals surface area (Å²) >= 11 is 1.54. The minimum Gasteiger partial charge on any atom is -0.399 e. The van der Waals surface area contributed by atoms with Crippen LogP contribution in [0, 0.1) is 0 Å². The molecule has 0 aromatic carbocycles. The summed E-state index contributed by atoms with van der Waals surface area (Å²) in [6.45, 7) is 8.52. The van der Waals surface area contributed by atoms with Crippen LogP contribution in [0.25, 0.3) is 0 Å². The average Bonchev–Trinajstić information content (AvgIpc) is 2.60. The molecule has 0 aliphatic rings. The van der Waals surface area contributed by atoms with Crippen LogP contribution in [0.1, 0.15) is 57.4 Å². The molecular weight excluding hydrogens is 246 g/mol. The minimum absolute atomic E-state index is 0.0374. The van der Waals surface area contributed by atoms with E-state index in [-0.39, 0.29) is 5.41 Å². The van der Waals surface area contributed by atoms with Gasteiger partial charge in [0.15, 0.2) is 5.06 Å². The second kappa shape index (κ2) is 6.23. The Bertz CT molecular complexity index is 404. The third kappa shape index (κ3) is 4.33. The predicted octanol–water partition coefficient (Wildman–Crippen LogP) is 4.24. The Morgan fingerprint density at radius 2 is 2.06 bits per heavy atom. The molecule has 18 heavy (non-hydrogen) atoms. The molecule has 0 saturated heterocycles. The summed E-state index contributed by atoms with van der Waals surface area (Å²) in [4.78, 5) is 12.2. The number of unbranched alkanes of at least 4 members (excludes halogenated alkanes) is 2. The first-order chi connectivity index (χ1) is 8.34. The number of hydrogen-bond acceptors (Lipinski definition) is 3. The normalized spacial score (nSPS) is 11.6. The molecule has 1 heterocycles. The van der Waals surface area contributed by atoms with E-state index in [9.17, 15) is 4.79 Å². The van der Waals surface area contributed by atoms with Gasteiger partial charge in [0, 0.05) is 10.4 Å². The molecule has 0 saturated carbocycles. The van der Waals surface area contributed by atoms with Crippen molar-refractivity contribution in [1.29, 1.82) is 0 Å². The van der Waals surface area contributed by atoms with Crippen LogP contribution in [-0.2, 0) is 11.8 Å². The van der Waals surface area contributed by atoms with Gasteiger partial charge in [-0.25, -0.2) is 4.79 Å². The van der Waals surface area contributed by atoms with Crippen molar-refractivity contribution in [2.24, 2.45) is 5.73 Å². The second-order valence-corrected chi connectivity index (χ2v) is 6.64. The van der Waals surface area contributed by atoms with Crippen molar-refractivity contribution in [3.05, 3.63) is 16.5 Å². The average molecular weight is 269 g/mol. The van der Waals surface area contributed by atoms with Crippen LogP contribution in [0.3, 0.4) is 0 Å². The highest BCUT2D eigenvalue weighted by Crippen LogP contribution is 2.39. The molecule has 0 spiro atoms. The van der Waals surface area contributed by atoms with Gasteiger partial charge in [0.1, 0.15) is 0 Å². The van der Waals surface area contributed by atoms with Crippen molar-refractivity contribution in [1.82, 2.24) is 0 Å². The van der Waals surface area contributed by atoms with Crippen LogP contribution in [0.4, 0.5) is 4.79 Å². The minimum atomic E-state index is -0.734. The van der Waals surface area contributed by atoms with Gasteiger partial charge in [-0.15, -0.1) is 11.3 Å². The molecule has 1 rings (SSSR count). The van der Waals surface area contributed by atoms with Crippen LogP contribution in [0.2, 0.25) is 0 Å². The summed E-state index contributed by atoms with van der Waals surface area (Å²) in [6.07, 6.45) is 3.93. The maximum atomic E-state index is 10.9. The van der Waals surface area contributed by atoms with E-state index < -0.39 is 6.09 Å². The summed E-state index contributed by atoms with van der Waals surface area (Å²) in [5.74, 6) is 0. The van der Waals surface area contributed by atoms with E-state index in [2.05, 4.69) is 33.8 Å². The van der Waals surface area contributed by atoms with E-state index in [0.29, 0.717) is 5.06 Å². The molecule has 0 fully saturated rings. The summed E-state index contributed by atoms with van der Waals surface area (Å²) in [6, 6.07) is 2.15. The lowest BCUT2D eigenvalue weighted by molar-refractivity contribution is 0.211. The van der Waals surface area contributed by atoms with Gasteiger partial charge in [-0.1, -0.05) is 40.5 Å². The Labute approximate surface area is 113 Å². The Morgan fingerprint density at radius 1 is 1.39 bits per heavy atom. The molecule has 0 atom stereocenters. The Morgan fingerprint density at radius 3 is 2.56 bits per heavy atom. The lowest BCUT2D eigenvalue weighted by atomic mass is 9.88. The van der Waals surface area contributed by atoms with Crippen molar-refractivity contribution >= 4 is 17.4 Å². The molecule has 0 unspecified atom stereocenters. The molecule has 1 aromatic heterocycles. The molecular formula is C14H23NO2S. The van der Waals surface area contributed by atoms with Gasteiger partial charge in [-0.05, 0) is 24.3 Å². The van der Waals surface area contributed by atoms with E-state index in [1.54, 1.807) is 11.3 Å². The number of nitrogens with two attached hydrogens (primary N) is 1. The lowest BCUT2D eigenvalue weighted by Crippen LogP contribution is -2.18. The summed E-state index contributed by atoms with van der Waals surface area (Å²) in [5.41, 5.74) is 6.14. The van der Waals surface area contributed by atoms with Crippen LogP contribution in [-0.4, -0.2) is 6.09 Å². The van der Waals surface area contributed by atoms with Gasteiger partial charge in [-0.3, -0.25) is 0 Å². The smallest absolute Gasteiger partial charge is 0.399 e. The van der Waals surface area contributed by atoms with E-state index in [0.717, 1.165) is 12.0 Å². The number of thiophene rings is 1. The molecule has 1 aromatic rings. The van der Waals surface area contributed by atoms with Crippen molar-refractivity contribution in [2.45, 2.75) is 58.8 Å². The molecule has 2 N–H and O–H groups in total. The van der Waals surface area contributed by atoms with Crippen molar-refractivity contribution < 1.29 is 9.53 Å². The maximum absolute atomic E-state index is 10.9. The molecule has 102 valence electrons. The van der Waals surface area contributed by atoms with Gasteiger partial charge in [-0.2, -0.15) is 0 Å². The van der Waals surface area contributed by atoms with Gasteiger partial charge in [0.25, 0.3) is 0 Å². The van der Waals surface area contributed by atoms with E-state index >= 15 is 0 Å². The van der Waals surface area contributed by atoms with Crippen molar-refractivity contribution in [3.8, 4) is 5.06 Å². The fourth-order valence-electron chi connectivity index (χ4n) is 1.79. The number of ether oxygens (including phenoxy) is 1. The molecule has 4 heteroatoms. The first-order valence-corrected chi connectivity index (χ1v) is 7.26. The van der Waals surface area contributed by atoms with Crippen molar-refractivity contribution in [3.63, 3.8) is 0 Å². The summed E-state index contributed by atoms with van der Waals surface area (Å²) in [5, 5.41) is 0.654. The lowest BCUT2D eigenvalue weighted by Gasteiger charge is -2.18. The zero-order valence-corrected chi connectivity index (χ0v) is 12.5. The Hall–Kier alpha value is -1.03. The number of rotatable bonds is 5. The number of carbonyl (C=O) groups is 1. The highest BCUT2D eigenvalue weighted by Gasteiger charge is 2.23. The summed E-state index contributed by atoms with van der Waals surface area (Å²) < 4.78 is 5.12. The van der Waals surface area contributed by atoms with E-state index in [1.807, 2.05) is 0 Å². The largest absolute Gasteiger partial charge is 0.410 e. The summed E-state index contributed by atoms with van der Waals surface area (Å²) in [7, 11) is 0. The van der Waals surface area contributed by atoms with Gasteiger partial charge in [0.2, 0.25) is 0 Å². The SMILES string of the molecule is CCCCCc1cc(C(C)(C)C)c(OC(N)=O)s1. The quantitative estimate of drug-likeness (QED) is 0.813. The first-order valence-electron chi connectivity index (χ1n) is 6.45. The number of primary amides is 1. The second-order valence-electron chi connectivity index (χ2n) is 5.54. The fraction of sp³-hybridized carbons (Fsp3) is 0.643. The molecule has 1 amide bonds. The Kier molecular flexibility index (Phi) is 5.20. The molecule has 0 bridgehead atoms. The predicted molar refractivity (Wildman–Crippen MR) is 76.5 cm³/mol. The number of amides is 1. The van der Waals surface area contributed by atoms with Crippen LogP contribution >= 0.6 is 11.3 Å². The standard InChI is InChI=1S/C14H23NO2S/c1-5-6-7-8-10-9-11(14(2,3)4)12(18-10)17-13(15)16/h9H,5-8H2,1-4H3,(H2,15,16). The van der Waals surface area contributed by atoms with Crippen LogP contribution < -0.4 is 10.5 Å². The first kappa shape index (κ1) is 15.0. The fourth-order valence-corrected chi connectivity index (χ4v) is 3.05. The molecule has 0 radical (unpaired) electrons.